The van der Waals surface area contributed by atoms with Crippen LogP contribution in [0.15, 0.2) is 55.1 Å². The Bertz CT molecular complexity index is 1150. The van der Waals surface area contributed by atoms with Crippen molar-refractivity contribution in [2.75, 3.05) is 20.2 Å². The highest BCUT2D eigenvalue weighted by atomic mass is 35.5. The molecule has 1 saturated heterocycles. The molecule has 5 rings (SSSR count). The second-order valence-corrected chi connectivity index (χ2v) is 8.86. The number of rotatable bonds is 3. The van der Waals surface area contributed by atoms with Crippen molar-refractivity contribution in [3.63, 3.8) is 0 Å². The number of hydrogen-bond donors (Lipinski definition) is 1. The first-order valence-electron chi connectivity index (χ1n) is 10.4. The smallest absolute Gasteiger partial charge is 0.245 e. The van der Waals surface area contributed by atoms with Gasteiger partial charge in [0.1, 0.15) is 5.75 Å². The molecule has 2 atom stereocenters. The Morgan fingerprint density at radius 2 is 2.17 bits per heavy atom. The molecule has 2 aromatic carbocycles. The molecular weight excluding hydrogens is 396 g/mol. The normalized spacial score (nSPS) is 23.0. The van der Waals surface area contributed by atoms with Gasteiger partial charge in [-0.15, -0.1) is 0 Å². The number of nitrogens with zero attached hydrogens (tertiary/aromatic N) is 1. The topological polar surface area (TPSA) is 45.3 Å². The summed E-state index contributed by atoms with van der Waals surface area (Å²) < 4.78 is 5.53. The number of halogens is 1. The molecule has 0 radical (unpaired) electrons. The van der Waals surface area contributed by atoms with Gasteiger partial charge in [0.05, 0.1) is 17.6 Å². The number of methoxy groups -OCH3 is 1. The van der Waals surface area contributed by atoms with E-state index < -0.39 is 0 Å². The van der Waals surface area contributed by atoms with Crippen LogP contribution in [-0.2, 0) is 23.1 Å². The van der Waals surface area contributed by atoms with E-state index in [9.17, 15) is 4.79 Å². The van der Waals surface area contributed by atoms with Crippen molar-refractivity contribution in [2.45, 2.75) is 24.7 Å². The van der Waals surface area contributed by atoms with Crippen LogP contribution in [0.3, 0.4) is 0 Å². The molecule has 3 aromatic rings. The highest BCUT2D eigenvalue weighted by molar-refractivity contribution is 6.35. The molecule has 154 valence electrons. The Hall–Kier alpha value is -2.72. The third-order valence-electron chi connectivity index (χ3n) is 7.10. The molecule has 1 N–H and O–H groups in total. The number of piperidine rings is 1. The van der Waals surface area contributed by atoms with E-state index in [1.165, 1.54) is 28.3 Å². The minimum Gasteiger partial charge on any atom is -0.497 e. The second kappa shape index (κ2) is 7.21. The molecule has 30 heavy (non-hydrogen) atoms. The Balaban J connectivity index is 1.65. The maximum Gasteiger partial charge on any atom is 0.245 e. The lowest BCUT2D eigenvalue weighted by molar-refractivity contribution is -0.129. The number of ether oxygens (including phenoxy) is 1. The van der Waals surface area contributed by atoms with Crippen molar-refractivity contribution >= 4 is 28.4 Å². The van der Waals surface area contributed by atoms with Crippen molar-refractivity contribution < 1.29 is 9.53 Å². The summed E-state index contributed by atoms with van der Waals surface area (Å²) in [5.74, 6) is 1.20. The molecule has 1 fully saturated rings. The second-order valence-electron chi connectivity index (χ2n) is 8.45. The van der Waals surface area contributed by atoms with Crippen LogP contribution in [0.1, 0.15) is 23.2 Å². The SMILES string of the molecule is C=CC(=O)N1CCC2(c3cccc(OC)c3)Cc3[nH]c4c(Cl)cccc4c3CC2C1. The Kier molecular flexibility index (Phi) is 4.62. The highest BCUT2D eigenvalue weighted by Gasteiger charge is 2.48. The van der Waals surface area contributed by atoms with Crippen LogP contribution in [-0.4, -0.2) is 36.0 Å². The summed E-state index contributed by atoms with van der Waals surface area (Å²) >= 11 is 6.49. The number of likely N-dealkylation sites (tertiary alicyclic amines) is 1. The number of carbonyl (C=O) groups excluding carboxylic acids is 1. The predicted octanol–water partition coefficient (Wildman–Crippen LogP) is 4.90. The number of benzene rings is 2. The fourth-order valence-corrected chi connectivity index (χ4v) is 5.77. The molecule has 1 aromatic heterocycles. The lowest BCUT2D eigenvalue weighted by Crippen LogP contribution is -2.54. The van der Waals surface area contributed by atoms with E-state index in [-0.39, 0.29) is 11.3 Å². The van der Waals surface area contributed by atoms with Gasteiger partial charge >= 0.3 is 0 Å². The molecule has 5 heteroatoms. The largest absolute Gasteiger partial charge is 0.497 e. The van der Waals surface area contributed by atoms with Gasteiger partial charge in [-0.25, -0.2) is 0 Å². The first-order valence-corrected chi connectivity index (χ1v) is 10.8. The molecule has 2 aliphatic rings. The summed E-state index contributed by atoms with van der Waals surface area (Å²) in [7, 11) is 1.71. The standard InChI is InChI=1S/C25H25ClN2O2/c1-3-23(29)28-11-10-25(16-6-4-7-18(12-16)30-2)14-22-20(13-17(25)15-28)19-8-5-9-21(26)24(19)27-22/h3-9,12,17,27H,1,10-11,13-15H2,2H3. The van der Waals surface area contributed by atoms with Gasteiger partial charge in [0, 0.05) is 29.6 Å². The zero-order valence-electron chi connectivity index (χ0n) is 17.1. The number of aromatic amines is 1. The van der Waals surface area contributed by atoms with E-state index in [1.54, 1.807) is 7.11 Å². The number of aromatic nitrogens is 1. The van der Waals surface area contributed by atoms with E-state index in [4.69, 9.17) is 16.3 Å². The minimum atomic E-state index is -0.0488. The predicted molar refractivity (Wildman–Crippen MR) is 120 cm³/mol. The van der Waals surface area contributed by atoms with Gasteiger partial charge in [0.25, 0.3) is 0 Å². The van der Waals surface area contributed by atoms with Crippen LogP contribution in [0.4, 0.5) is 0 Å². The number of carbonyl (C=O) groups is 1. The summed E-state index contributed by atoms with van der Waals surface area (Å²) in [4.78, 5) is 18.0. The van der Waals surface area contributed by atoms with E-state index >= 15 is 0 Å². The third-order valence-corrected chi connectivity index (χ3v) is 7.42. The lowest BCUT2D eigenvalue weighted by atomic mass is 9.58. The summed E-state index contributed by atoms with van der Waals surface area (Å²) in [6, 6.07) is 14.5. The number of fused-ring (bicyclic) bond motifs is 4. The number of amides is 1. The van der Waals surface area contributed by atoms with Crippen LogP contribution in [0.25, 0.3) is 10.9 Å². The fraction of sp³-hybridized carbons (Fsp3) is 0.320. The van der Waals surface area contributed by atoms with Crippen molar-refractivity contribution in [3.05, 3.63) is 77.0 Å². The monoisotopic (exact) mass is 420 g/mol. The molecule has 0 bridgehead atoms. The zero-order chi connectivity index (χ0) is 20.9. The van der Waals surface area contributed by atoms with Crippen molar-refractivity contribution in [1.82, 2.24) is 9.88 Å². The van der Waals surface area contributed by atoms with E-state index in [0.29, 0.717) is 5.92 Å². The molecule has 0 spiro atoms. The summed E-state index contributed by atoms with van der Waals surface area (Å²) in [5.41, 5.74) is 4.85. The Morgan fingerprint density at radius 3 is 2.97 bits per heavy atom. The molecule has 1 aliphatic carbocycles. The van der Waals surface area contributed by atoms with Gasteiger partial charge in [-0.2, -0.15) is 0 Å². The number of H-pyrrole nitrogens is 1. The van der Waals surface area contributed by atoms with Crippen LogP contribution in [0, 0.1) is 5.92 Å². The van der Waals surface area contributed by atoms with Gasteiger partial charge in [0.15, 0.2) is 0 Å². The minimum absolute atomic E-state index is 0.0158. The van der Waals surface area contributed by atoms with Gasteiger partial charge in [-0.05, 0) is 60.6 Å². The first-order chi connectivity index (χ1) is 14.6. The first kappa shape index (κ1) is 19.3. The van der Waals surface area contributed by atoms with Crippen molar-refractivity contribution in [2.24, 2.45) is 5.92 Å². The van der Waals surface area contributed by atoms with Crippen LogP contribution in [0.5, 0.6) is 5.75 Å². The van der Waals surface area contributed by atoms with E-state index in [2.05, 4.69) is 35.8 Å². The van der Waals surface area contributed by atoms with Crippen molar-refractivity contribution in [3.8, 4) is 5.75 Å². The summed E-state index contributed by atoms with van der Waals surface area (Å²) in [5, 5.41) is 1.95. The van der Waals surface area contributed by atoms with Gasteiger partial charge in [0.2, 0.25) is 5.91 Å². The number of para-hydroxylation sites is 1. The number of hydrogen-bond acceptors (Lipinski definition) is 2. The average Bonchev–Trinajstić information content (AvgIpc) is 3.15. The van der Waals surface area contributed by atoms with Gasteiger partial charge < -0.3 is 14.6 Å². The lowest BCUT2D eigenvalue weighted by Gasteiger charge is -2.51. The molecule has 4 nitrogen and oxygen atoms in total. The average molecular weight is 421 g/mol. The van der Waals surface area contributed by atoms with Gasteiger partial charge in [-0.3, -0.25) is 4.79 Å². The molecule has 2 unspecified atom stereocenters. The third kappa shape index (κ3) is 2.85. The fourth-order valence-electron chi connectivity index (χ4n) is 5.54. The molecular formula is C25H25ClN2O2. The summed E-state index contributed by atoms with van der Waals surface area (Å²) in [6.45, 7) is 5.15. The van der Waals surface area contributed by atoms with Crippen molar-refractivity contribution in [1.29, 1.82) is 0 Å². The maximum absolute atomic E-state index is 12.4. The maximum atomic E-state index is 12.4. The Labute approximate surface area is 181 Å². The van der Waals surface area contributed by atoms with E-state index in [1.807, 2.05) is 23.1 Å². The zero-order valence-corrected chi connectivity index (χ0v) is 17.8. The highest BCUT2D eigenvalue weighted by Crippen LogP contribution is 2.50. The van der Waals surface area contributed by atoms with Crippen LogP contribution < -0.4 is 4.74 Å². The van der Waals surface area contributed by atoms with Gasteiger partial charge in [-0.1, -0.05) is 42.4 Å². The van der Waals surface area contributed by atoms with Crippen LogP contribution in [0.2, 0.25) is 5.02 Å². The van der Waals surface area contributed by atoms with Crippen LogP contribution >= 0.6 is 11.6 Å². The number of nitrogens with one attached hydrogen (secondary N) is 1. The molecule has 1 amide bonds. The molecule has 1 aliphatic heterocycles. The quantitative estimate of drug-likeness (QED) is 0.612. The summed E-state index contributed by atoms with van der Waals surface area (Å²) in [6.07, 6.45) is 4.15. The molecule has 2 heterocycles. The molecule has 0 saturated carbocycles. The van der Waals surface area contributed by atoms with E-state index in [0.717, 1.165) is 48.6 Å². The Morgan fingerprint density at radius 1 is 1.33 bits per heavy atom.